The van der Waals surface area contributed by atoms with E-state index in [1.807, 2.05) is 79.2 Å². The van der Waals surface area contributed by atoms with Crippen LogP contribution < -0.4 is 25.3 Å². The average molecular weight is 1960 g/mol. The first-order valence-corrected chi connectivity index (χ1v) is 53.7. The molecule has 8 aliphatic heterocycles. The zero-order valence-corrected chi connectivity index (χ0v) is 80.6. The van der Waals surface area contributed by atoms with Crippen molar-refractivity contribution in [2.75, 3.05) is 260 Å². The summed E-state index contributed by atoms with van der Waals surface area (Å²) in [5, 5.41) is 29.7. The van der Waals surface area contributed by atoms with E-state index in [2.05, 4.69) is 135 Å². The molecule has 48 heteroatoms. The first-order chi connectivity index (χ1) is 66.7. The van der Waals surface area contributed by atoms with Crippen LogP contribution in [0.25, 0.3) is 100 Å². The Morgan fingerprint density at radius 1 is 0.341 bits per heavy atom. The van der Waals surface area contributed by atoms with Crippen LogP contribution in [-0.4, -0.2) is 399 Å². The predicted molar refractivity (Wildman–Crippen MR) is 524 cm³/mol. The Labute approximate surface area is 797 Å². The zero-order chi connectivity index (χ0) is 95.0. The zero-order valence-electron chi connectivity index (χ0n) is 77.4. The summed E-state index contributed by atoms with van der Waals surface area (Å²) in [6, 6.07) is 26.7. The summed E-state index contributed by atoms with van der Waals surface area (Å²) in [6.07, 6.45) is 23.9. The largest absolute Gasteiger partial charge is 0.378 e. The lowest BCUT2D eigenvalue weighted by molar-refractivity contribution is 0.122. The summed E-state index contributed by atoms with van der Waals surface area (Å²) >= 11 is 0. The molecule has 138 heavy (non-hydrogen) atoms. The molecule has 8 fully saturated rings. The Hall–Kier alpha value is -12.0. The van der Waals surface area contributed by atoms with Gasteiger partial charge >= 0.3 is 0 Å². The predicted octanol–water partition coefficient (Wildman–Crippen LogP) is 3.85. The maximum Gasteiger partial charge on any atom is 0.219 e. The highest BCUT2D eigenvalue weighted by Gasteiger charge is 2.33. The number of ether oxygens (including phenoxy) is 4. The smallest absolute Gasteiger partial charge is 0.219 e. The maximum absolute atomic E-state index is 11.8. The van der Waals surface area contributed by atoms with Crippen molar-refractivity contribution in [2.45, 2.75) is 26.2 Å². The van der Waals surface area contributed by atoms with Gasteiger partial charge in [0.15, 0.2) is 46.6 Å². The minimum absolute atomic E-state index is 0.201. The molecule has 13 aromatic heterocycles. The van der Waals surface area contributed by atoms with Gasteiger partial charge in [0.2, 0.25) is 46.0 Å². The number of nitrogens with one attached hydrogen (secondary N) is 3. The number of anilines is 5. The van der Waals surface area contributed by atoms with Gasteiger partial charge in [-0.2, -0.15) is 22.3 Å². The highest BCUT2D eigenvalue weighted by atomic mass is 32.2. The van der Waals surface area contributed by atoms with E-state index in [4.69, 9.17) is 65.0 Å². The Balaban J connectivity index is 0.000000113. The molecular formula is C90H112N32O12S4. The molecule has 0 amide bonds. The molecule has 0 atom stereocenters. The molecule has 8 aliphatic rings. The van der Waals surface area contributed by atoms with Crippen molar-refractivity contribution in [1.29, 1.82) is 0 Å². The monoisotopic (exact) mass is 1960 g/mol. The molecule has 0 radical (unpaired) electrons. The summed E-state index contributed by atoms with van der Waals surface area (Å²) in [5.41, 5.74) is 20.3. The minimum atomic E-state index is -3.14. The molecule has 0 bridgehead atoms. The lowest BCUT2D eigenvalue weighted by Gasteiger charge is -2.32. The van der Waals surface area contributed by atoms with Crippen LogP contribution in [0.1, 0.15) is 22.3 Å². The van der Waals surface area contributed by atoms with Crippen LogP contribution in [0.4, 0.5) is 29.2 Å². The molecule has 8 saturated heterocycles. The molecule has 728 valence electrons. The molecule has 23 rings (SSSR count). The molecule has 5 N–H and O–H groups in total. The number of pyridine rings is 1. The quantitative estimate of drug-likeness (QED) is 0.0841. The average Bonchev–Trinajstić information content (AvgIpc) is 1.43. The maximum atomic E-state index is 11.8. The van der Waals surface area contributed by atoms with E-state index >= 15 is 0 Å². The number of aromatic amines is 3. The van der Waals surface area contributed by atoms with Crippen LogP contribution in [0, 0.1) is 0 Å². The Kier molecular flexibility index (Phi) is 27.2. The SMILES string of the molecule is CS(=O)(=O)N1CCN(Cc2cc3c(N4CCOCC4)nc(-c4cccc5[nH]ccc45)nn3c2)CC1.CS(=O)(=O)N1CCN(Cc2cc3c(N4CCOCC4)nc(-c4cccc5[nH]ncc45)nn3c2)CC1.CS(=O)(=O)N1CCN(Cc2cc3c(N4CCOCC4)nc(-c4ccnc5[nH]ccc45)nn3c2)CC1.CS(=O)(=O)N1CCN(Cc2cc3c(N4CCOCC4)nc(-c4cnc(N)nc4)nn3c2)CC1. The first-order valence-electron chi connectivity index (χ1n) is 46.3. The number of fused-ring (bicyclic) bond motifs is 7. The fourth-order valence-corrected chi connectivity index (χ4v) is 22.3. The Morgan fingerprint density at radius 3 is 1.02 bits per heavy atom. The summed E-state index contributed by atoms with van der Waals surface area (Å²) in [7, 11) is -12.6. The Morgan fingerprint density at radius 2 is 0.659 bits per heavy atom. The number of H-pyrrole nitrogens is 3. The van der Waals surface area contributed by atoms with E-state index in [0.29, 0.717) is 193 Å². The van der Waals surface area contributed by atoms with Gasteiger partial charge < -0.3 is 54.2 Å². The van der Waals surface area contributed by atoms with Crippen LogP contribution >= 0.6 is 0 Å². The van der Waals surface area contributed by atoms with Crippen LogP contribution in [0.15, 0.2) is 141 Å². The molecule has 44 nitrogen and oxygen atoms in total. The number of morpholine rings is 4. The standard InChI is InChI=1S/C24H29N7O3S.2C23H28N8O3S.C20H27N9O3S/c1-35(32,33)30-9-7-28(8-10-30)16-18-15-22-24(29-11-13-34-14-12-29)26-23(27-31(22)17-18)20-3-2-4-21-19(20)5-6-25-21;1-35(32,33)30-8-6-28(7-9-30)15-17-14-20-23(29-10-12-34-13-11-29)26-22(27-31(20)16-17)19-3-5-25-21-18(19)2-4-24-21;1-35(32,33)30-7-5-28(6-8-30)15-17-13-21-23(29-9-11-34-12-10-29)25-22(27-31(21)16-17)18-3-2-4-20-19(18)14-24-26-20;1-33(30,31)28-4-2-26(3-5-28)13-15-10-17-19(27-6-8-32-9-7-27)24-18(25-29(17)14-15)16-11-22-20(21)23-12-16/h2-6,15,17,25H,7-14,16H2,1H3;2-5,14,16H,6-13,15H2,1H3,(H,24,25);2-4,13-14,16H,5-12,15H2,1H3,(H,24,26);10-12,14H,2-9,13H2,1H3,(H2,21,22,23). The molecule has 0 spiro atoms. The van der Waals surface area contributed by atoms with Crippen LogP contribution in [0.2, 0.25) is 0 Å². The summed E-state index contributed by atoms with van der Waals surface area (Å²) in [5.74, 6) is 6.25. The van der Waals surface area contributed by atoms with Crippen LogP contribution in [0.5, 0.6) is 0 Å². The van der Waals surface area contributed by atoms with Gasteiger partial charge in [-0.3, -0.25) is 24.7 Å². The second kappa shape index (κ2) is 40.1. The van der Waals surface area contributed by atoms with Crippen molar-refractivity contribution in [3.63, 3.8) is 0 Å². The number of nitrogens with two attached hydrogens (primary N) is 1. The van der Waals surface area contributed by atoms with Gasteiger partial charge in [-0.1, -0.05) is 24.3 Å². The number of hydrogen-bond donors (Lipinski definition) is 4. The van der Waals surface area contributed by atoms with E-state index in [1.165, 1.54) is 29.3 Å². The van der Waals surface area contributed by atoms with E-state index in [-0.39, 0.29) is 5.95 Å². The number of hydrogen-bond acceptors (Lipinski definition) is 33. The number of piperazine rings is 4. The fourth-order valence-electron chi connectivity index (χ4n) is 19.0. The molecule has 0 aliphatic carbocycles. The van der Waals surface area contributed by atoms with Gasteiger partial charge in [0.1, 0.15) is 27.7 Å². The van der Waals surface area contributed by atoms with Crippen molar-refractivity contribution in [2.24, 2.45) is 0 Å². The second-order valence-electron chi connectivity index (χ2n) is 35.7. The molecule has 2 aromatic carbocycles. The normalized spacial score (nSPS) is 18.6. The molecule has 21 heterocycles. The first kappa shape index (κ1) is 93.7. The topological polar surface area (TPSA) is 458 Å². The van der Waals surface area contributed by atoms with Gasteiger partial charge in [0.05, 0.1) is 95.2 Å². The number of rotatable bonds is 20. The molecule has 0 unspecified atom stereocenters. The third kappa shape index (κ3) is 21.1. The van der Waals surface area contributed by atoms with Gasteiger partial charge in [0.25, 0.3) is 0 Å². The lowest BCUT2D eigenvalue weighted by atomic mass is 10.1. The van der Waals surface area contributed by atoms with Crippen LogP contribution in [0.3, 0.4) is 0 Å². The second-order valence-corrected chi connectivity index (χ2v) is 43.6. The third-order valence-electron chi connectivity index (χ3n) is 26.3. The van der Waals surface area contributed by atoms with Crippen molar-refractivity contribution in [1.82, 2.24) is 130 Å². The van der Waals surface area contributed by atoms with Gasteiger partial charge in [-0.15, -0.1) is 20.4 Å². The number of benzene rings is 2. The molecular weight excluding hydrogens is 1850 g/mol. The number of nitrogens with zero attached hydrogens (tertiary/aromatic N) is 28. The van der Waals surface area contributed by atoms with Gasteiger partial charge in [0, 0.05) is 277 Å². The minimum Gasteiger partial charge on any atom is -0.378 e. The fraction of sp³-hybridized carbons (Fsp3) is 0.444. The van der Waals surface area contributed by atoms with E-state index in [1.54, 1.807) is 31.5 Å². The van der Waals surface area contributed by atoms with E-state index in [9.17, 15) is 33.7 Å². The summed E-state index contributed by atoms with van der Waals surface area (Å²) < 4.78 is 131. The number of nitrogen functional groups attached to an aromatic ring is 1. The van der Waals surface area contributed by atoms with Gasteiger partial charge in [-0.05, 0) is 76.9 Å². The van der Waals surface area contributed by atoms with Crippen LogP contribution in [-0.2, 0) is 85.2 Å². The lowest BCUT2D eigenvalue weighted by Crippen LogP contribution is -2.47. The number of sulfonamides is 4. The van der Waals surface area contributed by atoms with E-state index < -0.39 is 40.1 Å². The van der Waals surface area contributed by atoms with Crippen molar-refractivity contribution >= 4 is 124 Å². The highest BCUT2D eigenvalue weighted by molar-refractivity contribution is 7.89. The molecule has 0 saturated carbocycles. The summed E-state index contributed by atoms with van der Waals surface area (Å²) in [6.45, 7) is 24.1. The third-order valence-corrected chi connectivity index (χ3v) is 31.5. The summed E-state index contributed by atoms with van der Waals surface area (Å²) in [4.78, 5) is 57.1. The van der Waals surface area contributed by atoms with E-state index in [0.717, 1.165) is 189 Å². The highest BCUT2D eigenvalue weighted by Crippen LogP contribution is 2.36. The van der Waals surface area contributed by atoms with Crippen molar-refractivity contribution < 1.29 is 52.6 Å². The number of aromatic nitrogens is 19. The van der Waals surface area contributed by atoms with Gasteiger partial charge in [-0.25, -0.2) is 86.6 Å². The Bertz CT molecular complexity index is 6830. The van der Waals surface area contributed by atoms with Crippen molar-refractivity contribution in [3.8, 4) is 45.6 Å². The van der Waals surface area contributed by atoms with Crippen molar-refractivity contribution in [3.05, 3.63) is 163 Å². The molecule has 15 aromatic rings.